The van der Waals surface area contributed by atoms with Gasteiger partial charge in [0, 0.05) is 67.8 Å². The van der Waals surface area contributed by atoms with Gasteiger partial charge in [-0.05, 0) is 42.5 Å². The van der Waals surface area contributed by atoms with Crippen LogP contribution in [0.3, 0.4) is 0 Å². The number of aromatic nitrogens is 2. The summed E-state index contributed by atoms with van der Waals surface area (Å²) in [6.07, 6.45) is 2.69. The van der Waals surface area contributed by atoms with Gasteiger partial charge in [0.1, 0.15) is 18.6 Å². The summed E-state index contributed by atoms with van der Waals surface area (Å²) in [6, 6.07) is 14.3. The van der Waals surface area contributed by atoms with E-state index in [9.17, 15) is 9.59 Å². The molecule has 2 aromatic carbocycles. The standard InChI is InChI=1S/C25H28ClN5O3/c1-29-23(7-8-27-29)22-18-21(28-25(33)19-3-2-4-20(26)17-19)5-6-24(22)34-16-14-31-11-9-30(10-12-31)13-15-32/h2-8,15,17-18H,9-14,16H2,1H3,(H,28,33). The van der Waals surface area contributed by atoms with Crippen molar-refractivity contribution in [2.45, 2.75) is 0 Å². The molecule has 178 valence electrons. The zero-order valence-corrected chi connectivity index (χ0v) is 19.9. The van der Waals surface area contributed by atoms with E-state index in [-0.39, 0.29) is 5.91 Å². The number of benzene rings is 2. The van der Waals surface area contributed by atoms with Gasteiger partial charge in [0.05, 0.1) is 12.2 Å². The highest BCUT2D eigenvalue weighted by Gasteiger charge is 2.17. The number of aryl methyl sites for hydroxylation is 1. The molecule has 0 unspecified atom stereocenters. The molecule has 1 aliphatic heterocycles. The van der Waals surface area contributed by atoms with Crippen LogP contribution in [0.4, 0.5) is 5.69 Å². The summed E-state index contributed by atoms with van der Waals surface area (Å²) in [7, 11) is 1.87. The monoisotopic (exact) mass is 481 g/mol. The minimum atomic E-state index is -0.235. The largest absolute Gasteiger partial charge is 0.492 e. The molecule has 3 aromatic rings. The molecule has 0 atom stereocenters. The second-order valence-corrected chi connectivity index (χ2v) is 8.61. The van der Waals surface area contributed by atoms with E-state index in [0.717, 1.165) is 56.0 Å². The van der Waals surface area contributed by atoms with Crippen LogP contribution in [-0.2, 0) is 11.8 Å². The molecule has 1 saturated heterocycles. The van der Waals surface area contributed by atoms with E-state index in [1.165, 1.54) is 0 Å². The Kier molecular flexibility index (Phi) is 7.95. The maximum absolute atomic E-state index is 12.7. The Balaban J connectivity index is 1.44. The summed E-state index contributed by atoms with van der Waals surface area (Å²) in [5.41, 5.74) is 2.87. The van der Waals surface area contributed by atoms with Gasteiger partial charge in [-0.25, -0.2) is 0 Å². The lowest BCUT2D eigenvalue weighted by molar-refractivity contribution is -0.109. The predicted molar refractivity (Wildman–Crippen MR) is 132 cm³/mol. The van der Waals surface area contributed by atoms with Crippen molar-refractivity contribution >= 4 is 29.5 Å². The van der Waals surface area contributed by atoms with Gasteiger partial charge in [0.2, 0.25) is 0 Å². The van der Waals surface area contributed by atoms with E-state index in [0.29, 0.717) is 29.4 Å². The number of aldehydes is 1. The fraction of sp³-hybridized carbons (Fsp3) is 0.320. The SMILES string of the molecule is Cn1nccc1-c1cc(NC(=O)c2cccc(Cl)c2)ccc1OCCN1CCN(CC=O)CC1. The molecule has 8 nitrogen and oxygen atoms in total. The highest BCUT2D eigenvalue weighted by atomic mass is 35.5. The third-order valence-electron chi connectivity index (χ3n) is 5.88. The molecule has 9 heteroatoms. The van der Waals surface area contributed by atoms with Crippen LogP contribution in [0.15, 0.2) is 54.7 Å². The van der Waals surface area contributed by atoms with Gasteiger partial charge >= 0.3 is 0 Å². The van der Waals surface area contributed by atoms with E-state index < -0.39 is 0 Å². The van der Waals surface area contributed by atoms with Gasteiger partial charge in [-0.2, -0.15) is 5.10 Å². The number of hydrogen-bond acceptors (Lipinski definition) is 6. The number of nitrogens with one attached hydrogen (secondary N) is 1. The fourth-order valence-electron chi connectivity index (χ4n) is 3.99. The number of hydrogen-bond donors (Lipinski definition) is 1. The van der Waals surface area contributed by atoms with Gasteiger partial charge in [0.15, 0.2) is 0 Å². The molecule has 0 spiro atoms. The Labute approximate surface area is 204 Å². The summed E-state index contributed by atoms with van der Waals surface area (Å²) >= 11 is 6.02. The van der Waals surface area contributed by atoms with Crippen LogP contribution in [0.5, 0.6) is 5.75 Å². The van der Waals surface area contributed by atoms with Crippen molar-refractivity contribution < 1.29 is 14.3 Å². The minimum Gasteiger partial charge on any atom is -0.492 e. The molecule has 0 aliphatic carbocycles. The van der Waals surface area contributed by atoms with Gasteiger partial charge in [-0.1, -0.05) is 17.7 Å². The summed E-state index contributed by atoms with van der Waals surface area (Å²) in [5, 5.41) is 7.73. The third kappa shape index (κ3) is 6.02. The molecule has 1 aromatic heterocycles. The fourth-order valence-corrected chi connectivity index (χ4v) is 4.18. The number of piperazine rings is 1. The summed E-state index contributed by atoms with van der Waals surface area (Å²) in [5.74, 6) is 0.491. The maximum Gasteiger partial charge on any atom is 0.255 e. The number of rotatable bonds is 9. The van der Waals surface area contributed by atoms with E-state index in [4.69, 9.17) is 16.3 Å². The molecule has 1 N–H and O–H groups in total. The van der Waals surface area contributed by atoms with Gasteiger partial charge in [-0.3, -0.25) is 19.3 Å². The molecule has 1 amide bonds. The van der Waals surface area contributed by atoms with E-state index in [2.05, 4.69) is 20.2 Å². The molecular formula is C25H28ClN5O3. The summed E-state index contributed by atoms with van der Waals surface area (Å²) < 4.78 is 7.95. The smallest absolute Gasteiger partial charge is 0.255 e. The average Bonchev–Trinajstić information content (AvgIpc) is 3.27. The minimum absolute atomic E-state index is 0.235. The number of carbonyl (C=O) groups is 2. The Morgan fingerprint density at radius 1 is 1.12 bits per heavy atom. The molecule has 2 heterocycles. The second-order valence-electron chi connectivity index (χ2n) is 8.17. The van der Waals surface area contributed by atoms with Crippen molar-refractivity contribution in [3.63, 3.8) is 0 Å². The van der Waals surface area contributed by atoms with Crippen molar-refractivity contribution in [3.8, 4) is 17.0 Å². The predicted octanol–water partition coefficient (Wildman–Crippen LogP) is 3.19. The lowest BCUT2D eigenvalue weighted by Crippen LogP contribution is -2.47. The second kappa shape index (κ2) is 11.3. The summed E-state index contributed by atoms with van der Waals surface area (Å²) in [4.78, 5) is 27.9. The average molecular weight is 482 g/mol. The van der Waals surface area contributed by atoms with Crippen LogP contribution in [0.1, 0.15) is 10.4 Å². The van der Waals surface area contributed by atoms with E-state index >= 15 is 0 Å². The molecule has 34 heavy (non-hydrogen) atoms. The molecular weight excluding hydrogens is 454 g/mol. The van der Waals surface area contributed by atoms with Gasteiger partial charge < -0.3 is 14.8 Å². The molecule has 1 fully saturated rings. The van der Waals surface area contributed by atoms with Crippen LogP contribution in [0.2, 0.25) is 5.02 Å². The first-order valence-electron chi connectivity index (χ1n) is 11.2. The first-order chi connectivity index (χ1) is 16.5. The quantitative estimate of drug-likeness (QED) is 0.473. The topological polar surface area (TPSA) is 79.7 Å². The number of anilines is 1. The normalized spacial score (nSPS) is 14.6. The van der Waals surface area contributed by atoms with Crippen LogP contribution >= 0.6 is 11.6 Å². The van der Waals surface area contributed by atoms with E-state index in [1.54, 1.807) is 35.1 Å². The number of halogens is 1. The Bertz CT molecular complexity index is 1140. The third-order valence-corrected chi connectivity index (χ3v) is 6.12. The van der Waals surface area contributed by atoms with Crippen molar-refractivity contribution in [1.82, 2.24) is 19.6 Å². The van der Waals surface area contributed by atoms with Crippen molar-refractivity contribution in [3.05, 3.63) is 65.3 Å². The number of ether oxygens (including phenoxy) is 1. The van der Waals surface area contributed by atoms with Gasteiger partial charge in [0.25, 0.3) is 5.91 Å². The first-order valence-corrected chi connectivity index (χ1v) is 11.6. The molecule has 4 rings (SSSR count). The highest BCUT2D eigenvalue weighted by molar-refractivity contribution is 6.31. The molecule has 0 saturated carbocycles. The van der Waals surface area contributed by atoms with Crippen molar-refractivity contribution in [2.75, 3.05) is 51.2 Å². The zero-order chi connectivity index (χ0) is 23.9. The highest BCUT2D eigenvalue weighted by Crippen LogP contribution is 2.32. The molecule has 0 bridgehead atoms. The Hall–Kier alpha value is -3.20. The molecule has 1 aliphatic rings. The van der Waals surface area contributed by atoms with Crippen molar-refractivity contribution in [1.29, 1.82) is 0 Å². The number of amides is 1. The van der Waals surface area contributed by atoms with Gasteiger partial charge in [-0.15, -0.1) is 0 Å². The lowest BCUT2D eigenvalue weighted by atomic mass is 10.1. The summed E-state index contributed by atoms with van der Waals surface area (Å²) in [6.45, 7) is 5.44. The Morgan fingerprint density at radius 2 is 1.91 bits per heavy atom. The number of carbonyl (C=O) groups excluding carboxylic acids is 2. The van der Waals surface area contributed by atoms with Crippen molar-refractivity contribution in [2.24, 2.45) is 7.05 Å². The number of nitrogens with zero attached hydrogens (tertiary/aromatic N) is 4. The van der Waals surface area contributed by atoms with Crippen LogP contribution in [0, 0.1) is 0 Å². The van der Waals surface area contributed by atoms with Crippen LogP contribution < -0.4 is 10.1 Å². The maximum atomic E-state index is 12.7. The van der Waals surface area contributed by atoms with Crippen LogP contribution in [0.25, 0.3) is 11.3 Å². The zero-order valence-electron chi connectivity index (χ0n) is 19.1. The van der Waals surface area contributed by atoms with E-state index in [1.807, 2.05) is 31.3 Å². The Morgan fingerprint density at radius 3 is 2.62 bits per heavy atom. The first kappa shape index (κ1) is 23.9. The van der Waals surface area contributed by atoms with Crippen LogP contribution in [-0.4, -0.2) is 77.6 Å². The lowest BCUT2D eigenvalue weighted by Gasteiger charge is -2.33. The molecule has 0 radical (unpaired) electrons.